The van der Waals surface area contributed by atoms with E-state index in [0.29, 0.717) is 6.54 Å². The van der Waals surface area contributed by atoms with Crippen LogP contribution in [0.25, 0.3) is 0 Å². The third-order valence-corrected chi connectivity index (χ3v) is 2.28. The number of nitrogens with one attached hydrogen (secondary N) is 1. The van der Waals surface area contributed by atoms with Gasteiger partial charge in [-0.05, 0) is 25.5 Å². The normalized spacial score (nSPS) is 9.89. The van der Waals surface area contributed by atoms with Gasteiger partial charge < -0.3 is 10.1 Å². The number of ether oxygens (including phenoxy) is 1. The van der Waals surface area contributed by atoms with Crippen molar-refractivity contribution in [2.45, 2.75) is 26.7 Å². The van der Waals surface area contributed by atoms with Crippen molar-refractivity contribution < 1.29 is 14.3 Å². The third kappa shape index (κ3) is 4.16. The molecule has 1 N–H and O–H groups in total. The fourth-order valence-corrected chi connectivity index (χ4v) is 1.35. The van der Waals surface area contributed by atoms with Crippen molar-refractivity contribution >= 4 is 11.9 Å². The van der Waals surface area contributed by atoms with Gasteiger partial charge in [0, 0.05) is 6.54 Å². The maximum absolute atomic E-state index is 11.7. The molecule has 1 rings (SSSR count). The Balaban J connectivity index is 2.69. The predicted octanol–water partition coefficient (Wildman–Crippen LogP) is 1.79. The van der Waals surface area contributed by atoms with E-state index < -0.39 is 5.97 Å². The van der Waals surface area contributed by atoms with E-state index in [9.17, 15) is 9.59 Å². The standard InChI is InChI=1S/C13H18N2O3/c1-3-5-9-14-12(16)10-7-6-8-11(15-10)13(17)18-4-2/h6-8H,3-5,9H2,1-2H3,(H,14,16). The first kappa shape index (κ1) is 14.2. The molecule has 5 heteroatoms. The van der Waals surface area contributed by atoms with Crippen LogP contribution in [0.5, 0.6) is 0 Å². The van der Waals surface area contributed by atoms with Gasteiger partial charge >= 0.3 is 5.97 Å². The van der Waals surface area contributed by atoms with E-state index in [1.807, 2.05) is 6.92 Å². The molecule has 0 unspecified atom stereocenters. The van der Waals surface area contributed by atoms with Gasteiger partial charge in [-0.2, -0.15) is 0 Å². The van der Waals surface area contributed by atoms with Crippen LogP contribution < -0.4 is 5.32 Å². The summed E-state index contributed by atoms with van der Waals surface area (Å²) < 4.78 is 4.83. The minimum atomic E-state index is -0.513. The second kappa shape index (κ2) is 7.42. The van der Waals surface area contributed by atoms with Gasteiger partial charge in [-0.25, -0.2) is 9.78 Å². The molecule has 98 valence electrons. The molecule has 0 radical (unpaired) electrons. The van der Waals surface area contributed by atoms with Crippen LogP contribution >= 0.6 is 0 Å². The maximum Gasteiger partial charge on any atom is 0.356 e. The quantitative estimate of drug-likeness (QED) is 0.617. The summed E-state index contributed by atoms with van der Waals surface area (Å²) in [6.45, 7) is 4.67. The summed E-state index contributed by atoms with van der Waals surface area (Å²) in [7, 11) is 0. The summed E-state index contributed by atoms with van der Waals surface area (Å²) in [6.07, 6.45) is 1.93. The lowest BCUT2D eigenvalue weighted by Gasteiger charge is -2.05. The predicted molar refractivity (Wildman–Crippen MR) is 67.4 cm³/mol. The van der Waals surface area contributed by atoms with Gasteiger partial charge in [0.1, 0.15) is 11.4 Å². The summed E-state index contributed by atoms with van der Waals surface area (Å²) in [4.78, 5) is 27.2. The van der Waals surface area contributed by atoms with E-state index in [-0.39, 0.29) is 23.9 Å². The van der Waals surface area contributed by atoms with Crippen LogP contribution in [0.2, 0.25) is 0 Å². The first-order valence-corrected chi connectivity index (χ1v) is 6.11. The van der Waals surface area contributed by atoms with Crippen molar-refractivity contribution in [3.05, 3.63) is 29.6 Å². The van der Waals surface area contributed by atoms with E-state index in [2.05, 4.69) is 10.3 Å². The molecular weight excluding hydrogens is 232 g/mol. The van der Waals surface area contributed by atoms with Gasteiger partial charge in [0.15, 0.2) is 0 Å². The molecule has 0 aliphatic heterocycles. The van der Waals surface area contributed by atoms with Crippen molar-refractivity contribution in [2.24, 2.45) is 0 Å². The molecule has 0 bridgehead atoms. The first-order chi connectivity index (χ1) is 8.69. The zero-order valence-electron chi connectivity index (χ0n) is 10.7. The average Bonchev–Trinajstić information content (AvgIpc) is 2.39. The molecule has 0 aliphatic rings. The molecule has 1 heterocycles. The highest BCUT2D eigenvalue weighted by Crippen LogP contribution is 2.02. The summed E-state index contributed by atoms with van der Waals surface area (Å²) >= 11 is 0. The van der Waals surface area contributed by atoms with Crippen molar-refractivity contribution in [3.8, 4) is 0 Å². The molecule has 1 aromatic heterocycles. The lowest BCUT2D eigenvalue weighted by molar-refractivity contribution is 0.0519. The Morgan fingerprint density at radius 1 is 1.28 bits per heavy atom. The largest absolute Gasteiger partial charge is 0.461 e. The van der Waals surface area contributed by atoms with Crippen molar-refractivity contribution in [3.63, 3.8) is 0 Å². The van der Waals surface area contributed by atoms with Crippen LogP contribution in [0.1, 0.15) is 47.7 Å². The van der Waals surface area contributed by atoms with Crippen molar-refractivity contribution in [1.29, 1.82) is 0 Å². The van der Waals surface area contributed by atoms with E-state index >= 15 is 0 Å². The van der Waals surface area contributed by atoms with Crippen molar-refractivity contribution in [2.75, 3.05) is 13.2 Å². The average molecular weight is 250 g/mol. The van der Waals surface area contributed by atoms with E-state index in [1.165, 1.54) is 6.07 Å². The fraction of sp³-hybridized carbons (Fsp3) is 0.462. The fourth-order valence-electron chi connectivity index (χ4n) is 1.35. The second-order valence-electron chi connectivity index (χ2n) is 3.74. The first-order valence-electron chi connectivity index (χ1n) is 6.11. The number of rotatable bonds is 6. The molecule has 0 atom stereocenters. The molecule has 18 heavy (non-hydrogen) atoms. The summed E-state index contributed by atoms with van der Waals surface area (Å²) in [6, 6.07) is 4.72. The number of esters is 1. The molecule has 1 amide bonds. The Morgan fingerprint density at radius 2 is 2.00 bits per heavy atom. The zero-order chi connectivity index (χ0) is 13.4. The third-order valence-electron chi connectivity index (χ3n) is 2.28. The Morgan fingerprint density at radius 3 is 2.67 bits per heavy atom. The number of hydrogen-bond acceptors (Lipinski definition) is 4. The number of amides is 1. The number of unbranched alkanes of at least 4 members (excludes halogenated alkanes) is 1. The zero-order valence-corrected chi connectivity index (χ0v) is 10.7. The Kier molecular flexibility index (Phi) is 5.84. The van der Waals surface area contributed by atoms with Gasteiger partial charge in [-0.15, -0.1) is 0 Å². The molecule has 0 spiro atoms. The Labute approximate surface area is 107 Å². The minimum absolute atomic E-state index is 0.153. The molecule has 0 saturated heterocycles. The van der Waals surface area contributed by atoms with Gasteiger partial charge in [0.05, 0.1) is 6.61 Å². The molecule has 1 aromatic rings. The van der Waals surface area contributed by atoms with Crippen LogP contribution in [-0.4, -0.2) is 30.0 Å². The topological polar surface area (TPSA) is 68.3 Å². The monoisotopic (exact) mass is 250 g/mol. The SMILES string of the molecule is CCCCNC(=O)c1cccc(C(=O)OCC)n1. The number of aromatic nitrogens is 1. The molecule has 0 aromatic carbocycles. The van der Waals surface area contributed by atoms with Gasteiger partial charge in [0.2, 0.25) is 0 Å². The Bertz CT molecular complexity index is 418. The van der Waals surface area contributed by atoms with Crippen LogP contribution in [0.4, 0.5) is 0 Å². The van der Waals surface area contributed by atoms with E-state index in [4.69, 9.17) is 4.74 Å². The smallest absolute Gasteiger partial charge is 0.356 e. The lowest BCUT2D eigenvalue weighted by Crippen LogP contribution is -2.25. The molecule has 0 aliphatic carbocycles. The second-order valence-corrected chi connectivity index (χ2v) is 3.74. The van der Waals surface area contributed by atoms with Crippen molar-refractivity contribution in [1.82, 2.24) is 10.3 Å². The number of pyridine rings is 1. The minimum Gasteiger partial charge on any atom is -0.461 e. The summed E-state index contributed by atoms with van der Waals surface area (Å²) in [5, 5.41) is 2.74. The number of carbonyl (C=O) groups is 2. The lowest BCUT2D eigenvalue weighted by atomic mass is 10.2. The van der Waals surface area contributed by atoms with Gasteiger partial charge in [-0.1, -0.05) is 19.4 Å². The highest BCUT2D eigenvalue weighted by Gasteiger charge is 2.12. The van der Waals surface area contributed by atoms with Crippen LogP contribution in [0.15, 0.2) is 18.2 Å². The number of hydrogen-bond donors (Lipinski definition) is 1. The molecule has 0 saturated carbocycles. The molecule has 0 fully saturated rings. The highest BCUT2D eigenvalue weighted by atomic mass is 16.5. The van der Waals surface area contributed by atoms with Crippen LogP contribution in [-0.2, 0) is 4.74 Å². The van der Waals surface area contributed by atoms with E-state index in [0.717, 1.165) is 12.8 Å². The highest BCUT2D eigenvalue weighted by molar-refractivity contribution is 5.94. The molecule has 5 nitrogen and oxygen atoms in total. The maximum atomic E-state index is 11.7. The van der Waals surface area contributed by atoms with Gasteiger partial charge in [0.25, 0.3) is 5.91 Å². The number of carbonyl (C=O) groups excluding carboxylic acids is 2. The van der Waals surface area contributed by atoms with E-state index in [1.54, 1.807) is 19.1 Å². The van der Waals surface area contributed by atoms with Gasteiger partial charge in [-0.3, -0.25) is 4.79 Å². The van der Waals surface area contributed by atoms with Crippen LogP contribution in [0, 0.1) is 0 Å². The summed E-state index contributed by atoms with van der Waals surface area (Å²) in [5.41, 5.74) is 0.386. The summed E-state index contributed by atoms with van der Waals surface area (Å²) in [5.74, 6) is -0.782. The number of nitrogens with zero attached hydrogens (tertiary/aromatic N) is 1. The molecular formula is C13H18N2O3. The van der Waals surface area contributed by atoms with Crippen LogP contribution in [0.3, 0.4) is 0 Å². The Hall–Kier alpha value is -1.91.